The fraction of sp³-hybridized carbons (Fsp3) is 0.571. The molecule has 1 aromatic rings. The first-order chi connectivity index (χ1) is 8.26. The van der Waals surface area contributed by atoms with Crippen LogP contribution < -0.4 is 11.1 Å². The van der Waals surface area contributed by atoms with Crippen LogP contribution in [0.1, 0.15) is 31.2 Å². The molecule has 1 fully saturated rings. The molecule has 4 N–H and O–H groups in total. The van der Waals surface area contributed by atoms with Crippen molar-refractivity contribution in [1.82, 2.24) is 5.32 Å². The van der Waals surface area contributed by atoms with Gasteiger partial charge in [-0.25, -0.2) is 0 Å². The maximum absolute atomic E-state index is 9.50. The second-order valence-electron chi connectivity index (χ2n) is 5.17. The van der Waals surface area contributed by atoms with Crippen LogP contribution in [0.3, 0.4) is 0 Å². The van der Waals surface area contributed by atoms with Gasteiger partial charge in [0.1, 0.15) is 0 Å². The van der Waals surface area contributed by atoms with Gasteiger partial charge >= 0.3 is 0 Å². The summed E-state index contributed by atoms with van der Waals surface area (Å²) in [6, 6.07) is 7.92. The zero-order chi connectivity index (χ0) is 12.1. The molecule has 3 heteroatoms. The SMILES string of the molecule is Nc1ccccc1CNCC1(CO)CCCC1. The average molecular weight is 234 g/mol. The third kappa shape index (κ3) is 2.99. The molecule has 1 saturated carbocycles. The van der Waals surface area contributed by atoms with Gasteiger partial charge in [0.15, 0.2) is 0 Å². The Bertz CT molecular complexity index is 359. The van der Waals surface area contributed by atoms with Gasteiger partial charge in [-0.1, -0.05) is 31.0 Å². The van der Waals surface area contributed by atoms with E-state index in [0.29, 0.717) is 6.61 Å². The van der Waals surface area contributed by atoms with Gasteiger partial charge in [-0.05, 0) is 24.5 Å². The van der Waals surface area contributed by atoms with E-state index in [0.717, 1.165) is 37.2 Å². The molecule has 0 aromatic heterocycles. The molecule has 0 bridgehead atoms. The molecule has 94 valence electrons. The summed E-state index contributed by atoms with van der Waals surface area (Å²) in [5.41, 5.74) is 7.98. The molecule has 0 aliphatic heterocycles. The Morgan fingerprint density at radius 1 is 1.24 bits per heavy atom. The van der Waals surface area contributed by atoms with E-state index in [1.807, 2.05) is 24.3 Å². The standard InChI is InChI=1S/C14H22N2O/c15-13-6-2-1-5-12(13)9-16-10-14(11-17)7-3-4-8-14/h1-2,5-6,16-17H,3-4,7-11,15H2. The zero-order valence-corrected chi connectivity index (χ0v) is 10.3. The van der Waals surface area contributed by atoms with Crippen LogP contribution in [0, 0.1) is 5.41 Å². The van der Waals surface area contributed by atoms with E-state index in [4.69, 9.17) is 5.73 Å². The van der Waals surface area contributed by atoms with E-state index >= 15 is 0 Å². The van der Waals surface area contributed by atoms with Crippen LogP contribution in [0.15, 0.2) is 24.3 Å². The van der Waals surface area contributed by atoms with E-state index in [-0.39, 0.29) is 5.41 Å². The highest BCUT2D eigenvalue weighted by Crippen LogP contribution is 2.36. The van der Waals surface area contributed by atoms with Gasteiger partial charge in [-0.3, -0.25) is 0 Å². The summed E-state index contributed by atoms with van der Waals surface area (Å²) < 4.78 is 0. The number of para-hydroxylation sites is 1. The topological polar surface area (TPSA) is 58.3 Å². The quantitative estimate of drug-likeness (QED) is 0.682. The molecule has 0 heterocycles. The Morgan fingerprint density at radius 2 is 1.94 bits per heavy atom. The van der Waals surface area contributed by atoms with Crippen LogP contribution in [-0.4, -0.2) is 18.3 Å². The van der Waals surface area contributed by atoms with Crippen molar-refractivity contribution in [2.45, 2.75) is 32.2 Å². The maximum Gasteiger partial charge on any atom is 0.0499 e. The molecule has 0 unspecified atom stereocenters. The molecule has 17 heavy (non-hydrogen) atoms. The van der Waals surface area contributed by atoms with Crippen molar-refractivity contribution < 1.29 is 5.11 Å². The molecule has 1 aliphatic carbocycles. The van der Waals surface area contributed by atoms with E-state index in [1.54, 1.807) is 0 Å². The van der Waals surface area contributed by atoms with Gasteiger partial charge in [0, 0.05) is 30.8 Å². The van der Waals surface area contributed by atoms with E-state index < -0.39 is 0 Å². The fourth-order valence-corrected chi connectivity index (χ4v) is 2.67. The Labute approximate surface area is 103 Å². The predicted octanol–water partition coefficient (Wildman–Crippen LogP) is 1.91. The number of nitrogen functional groups attached to an aromatic ring is 1. The molecule has 0 atom stereocenters. The highest BCUT2D eigenvalue weighted by Gasteiger charge is 2.32. The first-order valence-corrected chi connectivity index (χ1v) is 6.41. The zero-order valence-electron chi connectivity index (χ0n) is 10.3. The monoisotopic (exact) mass is 234 g/mol. The van der Waals surface area contributed by atoms with Crippen LogP contribution in [0.2, 0.25) is 0 Å². The number of aliphatic hydroxyl groups excluding tert-OH is 1. The van der Waals surface area contributed by atoms with Gasteiger partial charge in [0.25, 0.3) is 0 Å². The second kappa shape index (κ2) is 5.52. The van der Waals surface area contributed by atoms with Crippen molar-refractivity contribution in [2.24, 2.45) is 5.41 Å². The van der Waals surface area contributed by atoms with Crippen LogP contribution in [0.5, 0.6) is 0 Å². The van der Waals surface area contributed by atoms with Crippen LogP contribution >= 0.6 is 0 Å². The first-order valence-electron chi connectivity index (χ1n) is 6.41. The minimum atomic E-state index is 0.115. The van der Waals surface area contributed by atoms with E-state index in [9.17, 15) is 5.11 Å². The summed E-state index contributed by atoms with van der Waals surface area (Å²) in [4.78, 5) is 0. The number of rotatable bonds is 5. The van der Waals surface area contributed by atoms with Crippen molar-refractivity contribution in [2.75, 3.05) is 18.9 Å². The summed E-state index contributed by atoms with van der Waals surface area (Å²) in [5.74, 6) is 0. The van der Waals surface area contributed by atoms with Crippen molar-refractivity contribution in [3.05, 3.63) is 29.8 Å². The number of hydrogen-bond donors (Lipinski definition) is 3. The second-order valence-corrected chi connectivity index (χ2v) is 5.17. The Morgan fingerprint density at radius 3 is 2.59 bits per heavy atom. The first kappa shape index (κ1) is 12.4. The van der Waals surface area contributed by atoms with Crippen molar-refractivity contribution in [3.63, 3.8) is 0 Å². The van der Waals surface area contributed by atoms with Crippen molar-refractivity contribution in [3.8, 4) is 0 Å². The Kier molecular flexibility index (Phi) is 4.02. The number of nitrogens with one attached hydrogen (secondary N) is 1. The lowest BCUT2D eigenvalue weighted by molar-refractivity contribution is 0.128. The molecule has 1 aliphatic rings. The molecule has 0 amide bonds. The molecular weight excluding hydrogens is 212 g/mol. The van der Waals surface area contributed by atoms with Gasteiger partial charge in [0.2, 0.25) is 0 Å². The summed E-state index contributed by atoms with van der Waals surface area (Å²) in [5, 5.41) is 12.9. The van der Waals surface area contributed by atoms with Gasteiger partial charge in [-0.2, -0.15) is 0 Å². The van der Waals surface area contributed by atoms with Crippen LogP contribution in [-0.2, 0) is 6.54 Å². The summed E-state index contributed by atoms with van der Waals surface area (Å²) in [6.45, 7) is 1.97. The van der Waals surface area contributed by atoms with Crippen LogP contribution in [0.25, 0.3) is 0 Å². The summed E-state index contributed by atoms with van der Waals surface area (Å²) in [6.07, 6.45) is 4.77. The molecule has 3 nitrogen and oxygen atoms in total. The lowest BCUT2D eigenvalue weighted by Gasteiger charge is -2.26. The number of anilines is 1. The number of aliphatic hydroxyl groups is 1. The molecule has 1 aromatic carbocycles. The largest absolute Gasteiger partial charge is 0.398 e. The number of benzene rings is 1. The minimum absolute atomic E-state index is 0.115. The fourth-order valence-electron chi connectivity index (χ4n) is 2.67. The maximum atomic E-state index is 9.50. The Balaban J connectivity index is 1.85. The molecule has 0 saturated heterocycles. The number of nitrogens with two attached hydrogens (primary N) is 1. The highest BCUT2D eigenvalue weighted by atomic mass is 16.3. The lowest BCUT2D eigenvalue weighted by atomic mass is 9.87. The average Bonchev–Trinajstić information content (AvgIpc) is 2.81. The van der Waals surface area contributed by atoms with E-state index in [2.05, 4.69) is 5.32 Å². The number of hydrogen-bond acceptors (Lipinski definition) is 3. The molecule has 2 rings (SSSR count). The summed E-state index contributed by atoms with van der Waals surface area (Å²) >= 11 is 0. The predicted molar refractivity (Wildman–Crippen MR) is 70.5 cm³/mol. The van der Waals surface area contributed by atoms with Crippen molar-refractivity contribution in [1.29, 1.82) is 0 Å². The third-order valence-corrected chi connectivity index (χ3v) is 3.87. The molecule has 0 spiro atoms. The molecular formula is C14H22N2O. The van der Waals surface area contributed by atoms with E-state index in [1.165, 1.54) is 12.8 Å². The van der Waals surface area contributed by atoms with Gasteiger partial charge < -0.3 is 16.2 Å². The smallest absolute Gasteiger partial charge is 0.0499 e. The lowest BCUT2D eigenvalue weighted by Crippen LogP contribution is -2.34. The van der Waals surface area contributed by atoms with Gasteiger partial charge in [0.05, 0.1) is 0 Å². The summed E-state index contributed by atoms with van der Waals surface area (Å²) in [7, 11) is 0. The van der Waals surface area contributed by atoms with Crippen molar-refractivity contribution >= 4 is 5.69 Å². The van der Waals surface area contributed by atoms with Gasteiger partial charge in [-0.15, -0.1) is 0 Å². The highest BCUT2D eigenvalue weighted by molar-refractivity contribution is 5.46. The minimum Gasteiger partial charge on any atom is -0.398 e. The molecule has 0 radical (unpaired) electrons. The normalized spacial score (nSPS) is 18.4. The third-order valence-electron chi connectivity index (χ3n) is 3.87. The Hall–Kier alpha value is -1.06. The van der Waals surface area contributed by atoms with Crippen LogP contribution in [0.4, 0.5) is 5.69 Å².